The van der Waals surface area contributed by atoms with Crippen LogP contribution in [0.25, 0.3) is 5.53 Å². The first-order valence-corrected chi connectivity index (χ1v) is 3.48. The lowest BCUT2D eigenvalue weighted by molar-refractivity contribution is -0.128. The molecular weight excluding hydrogens is 158 g/mol. The van der Waals surface area contributed by atoms with Gasteiger partial charge < -0.3 is 10.4 Å². The molecule has 0 atom stereocenters. The number of likely N-dealkylation sites (tertiary alicyclic amines) is 1. The maximum absolute atomic E-state index is 11.3. The van der Waals surface area contributed by atoms with Gasteiger partial charge in [-0.3, -0.25) is 9.59 Å². The summed E-state index contributed by atoms with van der Waals surface area (Å²) in [5, 5.41) is 0. The molecule has 5 heteroatoms. The quantitative estimate of drug-likeness (QED) is 0.359. The van der Waals surface area contributed by atoms with Crippen molar-refractivity contribution in [2.45, 2.75) is 19.4 Å². The average molecular weight is 167 g/mol. The Kier molecular flexibility index (Phi) is 1.62. The molecule has 0 aromatic heterocycles. The van der Waals surface area contributed by atoms with E-state index in [4.69, 9.17) is 5.53 Å². The summed E-state index contributed by atoms with van der Waals surface area (Å²) in [5.41, 5.74) is 7.10. The predicted molar refractivity (Wildman–Crippen MR) is 40.5 cm³/mol. The van der Waals surface area contributed by atoms with Crippen molar-refractivity contribution in [3.8, 4) is 0 Å². The summed E-state index contributed by atoms with van der Waals surface area (Å²) in [5.74, 6) is -0.981. The van der Waals surface area contributed by atoms with Gasteiger partial charge in [0, 0.05) is 7.05 Å². The first-order chi connectivity index (χ1) is 5.42. The molecule has 1 fully saturated rings. The number of carbonyl (C=O) groups excluding carboxylic acids is 2. The van der Waals surface area contributed by atoms with Crippen LogP contribution in [-0.4, -0.2) is 39.7 Å². The molecule has 1 rings (SSSR count). The van der Waals surface area contributed by atoms with E-state index >= 15 is 0 Å². The third-order valence-electron chi connectivity index (χ3n) is 2.22. The molecule has 1 heterocycles. The summed E-state index contributed by atoms with van der Waals surface area (Å²) in [6.45, 7) is 3.21. The number of hydrogen-bond acceptors (Lipinski definition) is 2. The molecule has 1 amide bonds. The van der Waals surface area contributed by atoms with Crippen LogP contribution >= 0.6 is 0 Å². The smallest absolute Gasteiger partial charge is 0.360 e. The fourth-order valence-corrected chi connectivity index (χ4v) is 1.04. The van der Waals surface area contributed by atoms with Gasteiger partial charge in [-0.2, -0.15) is 4.79 Å². The van der Waals surface area contributed by atoms with Gasteiger partial charge in [-0.15, -0.1) is 0 Å². The molecule has 1 aliphatic heterocycles. The van der Waals surface area contributed by atoms with Gasteiger partial charge in [0.15, 0.2) is 0 Å². The first-order valence-electron chi connectivity index (χ1n) is 3.48. The van der Waals surface area contributed by atoms with Crippen LogP contribution in [0, 0.1) is 0 Å². The molecular formula is C7H9N3O2. The monoisotopic (exact) mass is 167 g/mol. The lowest BCUT2D eigenvalue weighted by Crippen LogP contribution is -2.41. The van der Waals surface area contributed by atoms with Gasteiger partial charge in [0.1, 0.15) is 5.54 Å². The molecule has 1 saturated heterocycles. The fraction of sp³-hybridized carbons (Fsp3) is 0.571. The molecule has 1 aliphatic rings. The second-order valence-electron chi connectivity index (χ2n) is 3.20. The second kappa shape index (κ2) is 2.25. The largest absolute Gasteiger partial charge is 0.424 e. The normalized spacial score (nSPS) is 21.6. The van der Waals surface area contributed by atoms with Gasteiger partial charge in [-0.25, -0.2) is 0 Å². The van der Waals surface area contributed by atoms with Gasteiger partial charge in [0.25, 0.3) is 5.78 Å². The number of nitrogens with zero attached hydrogens (tertiary/aromatic N) is 3. The van der Waals surface area contributed by atoms with E-state index < -0.39 is 17.2 Å². The Morgan fingerprint density at radius 2 is 1.92 bits per heavy atom. The lowest BCUT2D eigenvalue weighted by Gasteiger charge is -2.22. The van der Waals surface area contributed by atoms with Crippen LogP contribution in [-0.2, 0) is 9.59 Å². The second-order valence-corrected chi connectivity index (χ2v) is 3.20. The number of carbonyl (C=O) groups is 2. The van der Waals surface area contributed by atoms with Crippen molar-refractivity contribution in [2.75, 3.05) is 7.05 Å². The molecule has 0 N–H and O–H groups in total. The van der Waals surface area contributed by atoms with Gasteiger partial charge in [0.2, 0.25) is 0 Å². The number of ketones is 1. The molecule has 0 aliphatic carbocycles. The number of likely N-dealkylation sites (N-methyl/N-ethyl adjacent to an activating group) is 1. The van der Waals surface area contributed by atoms with Crippen molar-refractivity contribution in [1.29, 1.82) is 0 Å². The Morgan fingerprint density at radius 1 is 1.42 bits per heavy atom. The Balaban J connectivity index is 3.30. The average Bonchev–Trinajstić information content (AvgIpc) is 2.15. The minimum Gasteiger partial charge on any atom is -0.360 e. The minimum absolute atomic E-state index is 0.387. The summed E-state index contributed by atoms with van der Waals surface area (Å²) in [6.07, 6.45) is 0. The highest BCUT2D eigenvalue weighted by molar-refractivity contribution is 6.68. The van der Waals surface area contributed by atoms with Crippen molar-refractivity contribution in [3.05, 3.63) is 5.53 Å². The molecule has 0 spiro atoms. The SMILES string of the molecule is CN1C(=O)C(=[N+]=[N-])C(=O)C1(C)C. The van der Waals surface area contributed by atoms with Gasteiger partial charge >= 0.3 is 11.6 Å². The first kappa shape index (κ1) is 8.62. The Bertz CT molecular complexity index is 313. The Labute approximate surface area is 69.6 Å². The van der Waals surface area contributed by atoms with Crippen LogP contribution in [0.2, 0.25) is 0 Å². The summed E-state index contributed by atoms with van der Waals surface area (Å²) in [7, 11) is 1.50. The topological polar surface area (TPSA) is 73.8 Å². The van der Waals surface area contributed by atoms with Gasteiger partial charge in [0.05, 0.1) is 0 Å². The maximum Gasteiger partial charge on any atom is 0.424 e. The van der Waals surface area contributed by atoms with E-state index in [1.807, 2.05) is 0 Å². The highest BCUT2D eigenvalue weighted by Crippen LogP contribution is 2.21. The van der Waals surface area contributed by atoms with E-state index in [0.717, 1.165) is 0 Å². The van der Waals surface area contributed by atoms with Crippen LogP contribution in [0.3, 0.4) is 0 Å². The molecule has 0 aromatic carbocycles. The summed E-state index contributed by atoms with van der Waals surface area (Å²) in [4.78, 5) is 26.4. The van der Waals surface area contributed by atoms with Gasteiger partial charge in [-0.1, -0.05) is 0 Å². The van der Waals surface area contributed by atoms with Crippen molar-refractivity contribution in [1.82, 2.24) is 4.90 Å². The minimum atomic E-state index is -0.890. The summed E-state index contributed by atoms with van der Waals surface area (Å²) >= 11 is 0. The van der Waals surface area contributed by atoms with E-state index in [1.54, 1.807) is 13.8 Å². The van der Waals surface area contributed by atoms with E-state index in [2.05, 4.69) is 4.79 Å². The molecule has 0 bridgehead atoms. The molecule has 0 aromatic rings. The van der Waals surface area contributed by atoms with Crippen LogP contribution in [0.5, 0.6) is 0 Å². The molecule has 5 nitrogen and oxygen atoms in total. The van der Waals surface area contributed by atoms with E-state index in [9.17, 15) is 9.59 Å². The summed E-state index contributed by atoms with van der Waals surface area (Å²) < 4.78 is 0. The van der Waals surface area contributed by atoms with Crippen molar-refractivity contribution >= 4 is 17.4 Å². The molecule has 12 heavy (non-hydrogen) atoms. The highest BCUT2D eigenvalue weighted by Gasteiger charge is 2.54. The molecule has 0 saturated carbocycles. The molecule has 0 radical (unpaired) electrons. The highest BCUT2D eigenvalue weighted by atomic mass is 16.2. The zero-order chi connectivity index (χ0) is 9.52. The molecule has 64 valence electrons. The van der Waals surface area contributed by atoms with E-state index in [0.29, 0.717) is 0 Å². The van der Waals surface area contributed by atoms with E-state index in [-0.39, 0.29) is 5.71 Å². The van der Waals surface area contributed by atoms with Crippen LogP contribution < -0.4 is 0 Å². The fourth-order valence-electron chi connectivity index (χ4n) is 1.04. The van der Waals surface area contributed by atoms with Crippen molar-refractivity contribution in [2.24, 2.45) is 0 Å². The van der Waals surface area contributed by atoms with E-state index in [1.165, 1.54) is 11.9 Å². The Morgan fingerprint density at radius 3 is 2.08 bits per heavy atom. The van der Waals surface area contributed by atoms with Gasteiger partial charge in [-0.05, 0) is 13.8 Å². The number of Topliss-reactive ketones (excluding diaryl/α,β-unsaturated/α-hetero) is 1. The third-order valence-corrected chi connectivity index (χ3v) is 2.22. The summed E-state index contributed by atoms with van der Waals surface area (Å²) in [6, 6.07) is 0. The lowest BCUT2D eigenvalue weighted by atomic mass is 10.0. The number of hydrogen-bond donors (Lipinski definition) is 0. The molecule has 0 unspecified atom stereocenters. The predicted octanol–water partition coefficient (Wildman–Crippen LogP) is -0.523. The number of amides is 1. The zero-order valence-electron chi connectivity index (χ0n) is 7.16. The van der Waals surface area contributed by atoms with Crippen LogP contribution in [0.4, 0.5) is 0 Å². The Hall–Kier alpha value is -1.48. The van der Waals surface area contributed by atoms with Crippen LogP contribution in [0.15, 0.2) is 0 Å². The van der Waals surface area contributed by atoms with Crippen molar-refractivity contribution < 1.29 is 14.4 Å². The standard InChI is InChI=1S/C7H9N3O2/c1-7(2)5(11)4(9-8)6(12)10(7)3/h1-3H3. The third kappa shape index (κ3) is 0.801. The van der Waals surface area contributed by atoms with Crippen LogP contribution in [0.1, 0.15) is 13.8 Å². The maximum atomic E-state index is 11.3. The number of rotatable bonds is 0. The van der Waals surface area contributed by atoms with Crippen molar-refractivity contribution in [3.63, 3.8) is 0 Å². The zero-order valence-corrected chi connectivity index (χ0v) is 7.16.